The summed E-state index contributed by atoms with van der Waals surface area (Å²) in [7, 11) is 3.37. The Kier molecular flexibility index (Phi) is 8.46. The fourth-order valence-corrected chi connectivity index (χ4v) is 5.61. The number of carbonyl (C=O) groups excluding carboxylic acids is 3. The molecule has 1 aromatic carbocycles. The van der Waals surface area contributed by atoms with Gasteiger partial charge in [-0.2, -0.15) is 5.10 Å². The number of carbonyl (C=O) groups is 3. The van der Waals surface area contributed by atoms with Gasteiger partial charge in [0.2, 0.25) is 5.91 Å². The summed E-state index contributed by atoms with van der Waals surface area (Å²) in [5, 5.41) is 10.6. The Labute approximate surface area is 246 Å². The highest BCUT2D eigenvalue weighted by molar-refractivity contribution is 5.95. The summed E-state index contributed by atoms with van der Waals surface area (Å²) in [5.41, 5.74) is 4.86. The molecule has 2 aliphatic rings. The average molecular weight is 573 g/mol. The number of fused-ring (bicyclic) bond motifs is 1. The third kappa shape index (κ3) is 6.09. The molecule has 0 saturated carbocycles. The summed E-state index contributed by atoms with van der Waals surface area (Å²) >= 11 is 0. The maximum atomic E-state index is 13.4. The summed E-state index contributed by atoms with van der Waals surface area (Å²) in [4.78, 5) is 48.0. The number of aromatic nitrogens is 3. The Bertz CT molecular complexity index is 1450. The van der Waals surface area contributed by atoms with E-state index in [0.29, 0.717) is 30.9 Å². The number of benzene rings is 1. The SMILES string of the molecule is CC(C)n1nc(C(=O)NCc2ccc(NC(=O)N(C)C)cc2)c2c1CCN(c1ccc(N3C(=O)CCC[C@@H]3C)cn1)C2. The van der Waals surface area contributed by atoms with Gasteiger partial charge in [0.1, 0.15) is 5.82 Å². The van der Waals surface area contributed by atoms with E-state index in [1.165, 1.54) is 4.90 Å². The maximum Gasteiger partial charge on any atom is 0.321 e. The second kappa shape index (κ2) is 12.2. The fraction of sp³-hybridized carbons (Fsp3) is 0.452. The monoisotopic (exact) mass is 572 g/mol. The van der Waals surface area contributed by atoms with Crippen molar-refractivity contribution < 1.29 is 14.4 Å². The Hall–Kier alpha value is -4.41. The largest absolute Gasteiger partial charge is 0.352 e. The fourth-order valence-electron chi connectivity index (χ4n) is 5.61. The Balaban J connectivity index is 1.29. The normalized spacial score (nSPS) is 16.8. The molecular weight excluding hydrogens is 532 g/mol. The second-order valence-electron chi connectivity index (χ2n) is 11.6. The van der Waals surface area contributed by atoms with Crippen molar-refractivity contribution in [2.75, 3.05) is 35.8 Å². The summed E-state index contributed by atoms with van der Waals surface area (Å²) in [6.45, 7) is 7.84. The van der Waals surface area contributed by atoms with Crippen LogP contribution in [-0.4, -0.2) is 64.2 Å². The molecule has 2 N–H and O–H groups in total. The molecule has 1 fully saturated rings. The number of nitrogens with zero attached hydrogens (tertiary/aromatic N) is 6. The molecule has 11 nitrogen and oxygen atoms in total. The van der Waals surface area contributed by atoms with Crippen LogP contribution in [-0.2, 0) is 24.3 Å². The van der Waals surface area contributed by atoms with E-state index in [1.54, 1.807) is 20.3 Å². The van der Waals surface area contributed by atoms with Crippen LogP contribution >= 0.6 is 0 Å². The maximum absolute atomic E-state index is 13.4. The number of piperidine rings is 1. The van der Waals surface area contributed by atoms with Crippen LogP contribution in [0.4, 0.5) is 22.0 Å². The first-order valence-corrected chi connectivity index (χ1v) is 14.6. The van der Waals surface area contributed by atoms with Gasteiger partial charge in [-0.15, -0.1) is 0 Å². The number of anilines is 3. The summed E-state index contributed by atoms with van der Waals surface area (Å²) in [5.74, 6) is 0.736. The van der Waals surface area contributed by atoms with Gasteiger partial charge in [-0.3, -0.25) is 14.3 Å². The van der Waals surface area contributed by atoms with Crippen LogP contribution in [0.2, 0.25) is 0 Å². The first-order chi connectivity index (χ1) is 20.1. The van der Waals surface area contributed by atoms with Crippen molar-refractivity contribution in [3.8, 4) is 0 Å². The molecule has 1 atom stereocenters. The topological polar surface area (TPSA) is 116 Å². The van der Waals surface area contributed by atoms with Crippen LogP contribution in [0, 0.1) is 0 Å². The zero-order valence-electron chi connectivity index (χ0n) is 25.1. The van der Waals surface area contributed by atoms with Gasteiger partial charge in [-0.1, -0.05) is 12.1 Å². The molecule has 3 aromatic rings. The van der Waals surface area contributed by atoms with Gasteiger partial charge in [-0.25, -0.2) is 9.78 Å². The van der Waals surface area contributed by atoms with Crippen LogP contribution in [0.15, 0.2) is 42.6 Å². The molecule has 0 bridgehead atoms. The molecule has 5 rings (SSSR count). The molecule has 42 heavy (non-hydrogen) atoms. The lowest BCUT2D eigenvalue weighted by molar-refractivity contribution is -0.120. The van der Waals surface area contributed by atoms with Crippen LogP contribution in [0.1, 0.15) is 73.4 Å². The molecule has 0 spiro atoms. The minimum atomic E-state index is -0.224. The van der Waals surface area contributed by atoms with E-state index in [-0.39, 0.29) is 29.9 Å². The average Bonchev–Trinajstić information content (AvgIpc) is 3.36. The standard InChI is InChI=1S/C31H40N8O3/c1-20(2)39-26-15-16-37(27-14-13-24(18-32-27)38-21(3)7-6-8-28(38)40)19-25(26)29(35-39)30(41)33-17-22-9-11-23(12-10-22)34-31(42)36(4)5/h9-14,18,20-21H,6-8,15-17,19H2,1-5H3,(H,33,41)(H,34,42)/t21-/m0/s1. The molecule has 0 unspecified atom stereocenters. The molecule has 11 heteroatoms. The first-order valence-electron chi connectivity index (χ1n) is 14.6. The summed E-state index contributed by atoms with van der Waals surface area (Å²) < 4.78 is 1.96. The van der Waals surface area contributed by atoms with E-state index in [4.69, 9.17) is 10.1 Å². The van der Waals surface area contributed by atoms with Gasteiger partial charge in [0, 0.05) is 75.6 Å². The lowest BCUT2D eigenvalue weighted by Gasteiger charge is -2.34. The summed E-state index contributed by atoms with van der Waals surface area (Å²) in [6.07, 6.45) is 5.03. The highest BCUT2D eigenvalue weighted by atomic mass is 16.2. The van der Waals surface area contributed by atoms with Crippen molar-refractivity contribution in [3.05, 3.63) is 65.1 Å². The smallest absolute Gasteiger partial charge is 0.321 e. The highest BCUT2D eigenvalue weighted by Crippen LogP contribution is 2.30. The van der Waals surface area contributed by atoms with E-state index >= 15 is 0 Å². The van der Waals surface area contributed by atoms with Crippen LogP contribution in [0.25, 0.3) is 0 Å². The van der Waals surface area contributed by atoms with E-state index < -0.39 is 0 Å². The lowest BCUT2D eigenvalue weighted by atomic mass is 10.0. The van der Waals surface area contributed by atoms with E-state index in [1.807, 2.05) is 46.0 Å². The zero-order chi connectivity index (χ0) is 30.0. The quantitative estimate of drug-likeness (QED) is 0.435. The molecule has 1 saturated heterocycles. The third-order valence-electron chi connectivity index (χ3n) is 7.91. The molecule has 0 radical (unpaired) electrons. The van der Waals surface area contributed by atoms with Gasteiger partial charge in [-0.05, 0) is 63.4 Å². The molecule has 4 amide bonds. The minimum Gasteiger partial charge on any atom is -0.352 e. The molecule has 4 heterocycles. The zero-order valence-corrected chi connectivity index (χ0v) is 25.1. The number of nitrogens with one attached hydrogen (secondary N) is 2. The van der Waals surface area contributed by atoms with Gasteiger partial charge in [0.15, 0.2) is 5.69 Å². The van der Waals surface area contributed by atoms with Crippen molar-refractivity contribution in [1.29, 1.82) is 0 Å². The number of hydrogen-bond acceptors (Lipinski definition) is 6. The Morgan fingerprint density at radius 2 is 1.86 bits per heavy atom. The number of urea groups is 1. The second-order valence-corrected chi connectivity index (χ2v) is 11.6. The predicted molar refractivity (Wildman–Crippen MR) is 163 cm³/mol. The number of rotatable bonds is 7. The molecule has 222 valence electrons. The third-order valence-corrected chi connectivity index (χ3v) is 7.91. The van der Waals surface area contributed by atoms with Crippen molar-refractivity contribution >= 4 is 35.0 Å². The van der Waals surface area contributed by atoms with Crippen molar-refractivity contribution in [3.63, 3.8) is 0 Å². The number of pyridine rings is 1. The Morgan fingerprint density at radius 1 is 1.10 bits per heavy atom. The van der Waals surface area contributed by atoms with Crippen LogP contribution in [0.3, 0.4) is 0 Å². The van der Waals surface area contributed by atoms with Crippen molar-refractivity contribution in [1.82, 2.24) is 25.0 Å². The van der Waals surface area contributed by atoms with E-state index in [9.17, 15) is 14.4 Å². The van der Waals surface area contributed by atoms with Crippen LogP contribution < -0.4 is 20.4 Å². The van der Waals surface area contributed by atoms with Crippen molar-refractivity contribution in [2.24, 2.45) is 0 Å². The number of hydrogen-bond donors (Lipinski definition) is 2. The molecule has 2 aromatic heterocycles. The molecular formula is C31H40N8O3. The van der Waals surface area contributed by atoms with E-state index in [0.717, 1.165) is 54.1 Å². The Morgan fingerprint density at radius 3 is 2.50 bits per heavy atom. The first kappa shape index (κ1) is 29.1. The minimum absolute atomic E-state index is 0.123. The van der Waals surface area contributed by atoms with Gasteiger partial charge in [0.05, 0.1) is 11.9 Å². The molecule has 0 aliphatic carbocycles. The number of amides is 4. The highest BCUT2D eigenvalue weighted by Gasteiger charge is 2.30. The predicted octanol–water partition coefficient (Wildman–Crippen LogP) is 4.35. The van der Waals surface area contributed by atoms with Crippen molar-refractivity contribution in [2.45, 2.75) is 71.6 Å². The van der Waals surface area contributed by atoms with Gasteiger partial charge >= 0.3 is 6.03 Å². The van der Waals surface area contributed by atoms with Gasteiger partial charge < -0.3 is 25.3 Å². The molecule has 2 aliphatic heterocycles. The lowest BCUT2D eigenvalue weighted by Crippen LogP contribution is -2.42. The van der Waals surface area contributed by atoms with Crippen LogP contribution in [0.5, 0.6) is 0 Å². The van der Waals surface area contributed by atoms with E-state index in [2.05, 4.69) is 36.3 Å². The van der Waals surface area contributed by atoms with Gasteiger partial charge in [0.25, 0.3) is 5.91 Å². The summed E-state index contributed by atoms with van der Waals surface area (Å²) in [6, 6.07) is 11.4.